The molecule has 4 nitrogen and oxygen atoms in total. The summed E-state index contributed by atoms with van der Waals surface area (Å²) in [7, 11) is 0. The molecule has 1 rings (SSSR count). The van der Waals surface area contributed by atoms with Gasteiger partial charge < -0.3 is 11.1 Å². The summed E-state index contributed by atoms with van der Waals surface area (Å²) in [5, 5.41) is 3.10. The average Bonchev–Trinajstić information content (AvgIpc) is 2.10. The standard InChI is InChI=1S/C8H13IN4/c1-3-4-11-8-12-5(2)6(9)7(10)13-8/h3-4H2,1-2H3,(H3,10,11,12,13). The van der Waals surface area contributed by atoms with E-state index in [2.05, 4.69) is 44.8 Å². The number of nitrogens with two attached hydrogens (primary N) is 1. The fourth-order valence-electron chi connectivity index (χ4n) is 0.897. The van der Waals surface area contributed by atoms with Crippen LogP contribution in [-0.4, -0.2) is 16.5 Å². The summed E-state index contributed by atoms with van der Waals surface area (Å²) >= 11 is 2.15. The van der Waals surface area contributed by atoms with E-state index in [-0.39, 0.29) is 0 Å². The van der Waals surface area contributed by atoms with Crippen molar-refractivity contribution >= 4 is 34.4 Å². The Kier molecular flexibility index (Phi) is 3.71. The summed E-state index contributed by atoms with van der Waals surface area (Å²) < 4.78 is 0.930. The maximum Gasteiger partial charge on any atom is 0.224 e. The minimum atomic E-state index is 0.548. The van der Waals surface area contributed by atoms with Crippen LogP contribution in [0.4, 0.5) is 11.8 Å². The number of nitrogens with one attached hydrogen (secondary N) is 1. The molecule has 72 valence electrons. The number of nitrogen functional groups attached to an aromatic ring is 1. The van der Waals surface area contributed by atoms with Gasteiger partial charge in [-0.25, -0.2) is 4.98 Å². The van der Waals surface area contributed by atoms with Crippen LogP contribution in [0.15, 0.2) is 0 Å². The first-order valence-electron chi connectivity index (χ1n) is 4.18. The molecule has 0 bridgehead atoms. The van der Waals surface area contributed by atoms with Crippen LogP contribution >= 0.6 is 22.6 Å². The Labute approximate surface area is 91.5 Å². The Morgan fingerprint density at radius 1 is 1.46 bits per heavy atom. The van der Waals surface area contributed by atoms with Crippen molar-refractivity contribution in [2.75, 3.05) is 17.6 Å². The molecule has 0 aliphatic carbocycles. The minimum absolute atomic E-state index is 0.548. The van der Waals surface area contributed by atoms with Crippen LogP contribution in [0.5, 0.6) is 0 Å². The van der Waals surface area contributed by atoms with Gasteiger partial charge in [0.25, 0.3) is 0 Å². The summed E-state index contributed by atoms with van der Waals surface area (Å²) in [6, 6.07) is 0. The van der Waals surface area contributed by atoms with Crippen LogP contribution in [-0.2, 0) is 0 Å². The molecule has 0 atom stereocenters. The molecule has 0 radical (unpaired) electrons. The molecular weight excluding hydrogens is 279 g/mol. The van der Waals surface area contributed by atoms with Crippen LogP contribution in [0.2, 0.25) is 0 Å². The highest BCUT2D eigenvalue weighted by molar-refractivity contribution is 14.1. The fourth-order valence-corrected chi connectivity index (χ4v) is 1.14. The van der Waals surface area contributed by atoms with Gasteiger partial charge in [0.2, 0.25) is 5.95 Å². The van der Waals surface area contributed by atoms with Crippen LogP contribution in [0, 0.1) is 10.5 Å². The van der Waals surface area contributed by atoms with Crippen LogP contribution in [0.25, 0.3) is 0 Å². The van der Waals surface area contributed by atoms with Gasteiger partial charge in [-0.1, -0.05) is 6.92 Å². The average molecular weight is 292 g/mol. The van der Waals surface area contributed by atoms with E-state index in [1.807, 2.05) is 6.92 Å². The number of hydrogen-bond acceptors (Lipinski definition) is 4. The Morgan fingerprint density at radius 2 is 2.15 bits per heavy atom. The predicted octanol–water partition coefficient (Wildman–Crippen LogP) is 1.79. The number of nitrogens with zero attached hydrogens (tertiary/aromatic N) is 2. The van der Waals surface area contributed by atoms with Gasteiger partial charge in [0, 0.05) is 6.54 Å². The highest BCUT2D eigenvalue weighted by Crippen LogP contribution is 2.16. The number of anilines is 2. The lowest BCUT2D eigenvalue weighted by Crippen LogP contribution is -2.08. The number of rotatable bonds is 3. The molecule has 0 spiro atoms. The molecule has 0 unspecified atom stereocenters. The zero-order chi connectivity index (χ0) is 9.84. The van der Waals surface area contributed by atoms with E-state index in [1.165, 1.54) is 0 Å². The smallest absolute Gasteiger partial charge is 0.224 e. The Hall–Kier alpha value is -0.590. The normalized spacial score (nSPS) is 10.1. The molecular formula is C8H13IN4. The Morgan fingerprint density at radius 3 is 2.69 bits per heavy atom. The summed E-state index contributed by atoms with van der Waals surface area (Å²) in [6.45, 7) is 4.90. The predicted molar refractivity (Wildman–Crippen MR) is 62.7 cm³/mol. The molecule has 5 heteroatoms. The molecule has 0 amide bonds. The van der Waals surface area contributed by atoms with Gasteiger partial charge in [-0.05, 0) is 35.9 Å². The lowest BCUT2D eigenvalue weighted by molar-refractivity contribution is 0.945. The third-order valence-corrected chi connectivity index (χ3v) is 2.91. The molecule has 0 saturated heterocycles. The number of hydrogen-bond donors (Lipinski definition) is 2. The topological polar surface area (TPSA) is 63.8 Å². The maximum atomic E-state index is 5.69. The molecule has 0 aromatic carbocycles. The van der Waals surface area contributed by atoms with Crippen LogP contribution in [0.3, 0.4) is 0 Å². The van der Waals surface area contributed by atoms with Crippen molar-refractivity contribution in [3.8, 4) is 0 Å². The van der Waals surface area contributed by atoms with Gasteiger partial charge >= 0.3 is 0 Å². The van der Waals surface area contributed by atoms with E-state index < -0.39 is 0 Å². The SMILES string of the molecule is CCCNc1nc(C)c(I)c(N)n1. The molecule has 0 aliphatic rings. The maximum absolute atomic E-state index is 5.69. The summed E-state index contributed by atoms with van der Waals surface area (Å²) in [4.78, 5) is 8.38. The number of halogens is 1. The quantitative estimate of drug-likeness (QED) is 0.834. The highest BCUT2D eigenvalue weighted by atomic mass is 127. The van der Waals surface area contributed by atoms with Gasteiger partial charge in [-0.3, -0.25) is 0 Å². The van der Waals surface area contributed by atoms with Gasteiger partial charge in [0.1, 0.15) is 5.82 Å². The van der Waals surface area contributed by atoms with Gasteiger partial charge in [0.15, 0.2) is 0 Å². The van der Waals surface area contributed by atoms with E-state index >= 15 is 0 Å². The molecule has 3 N–H and O–H groups in total. The van der Waals surface area contributed by atoms with Crippen LogP contribution in [0.1, 0.15) is 19.0 Å². The van der Waals surface area contributed by atoms with Gasteiger partial charge in [0.05, 0.1) is 9.26 Å². The van der Waals surface area contributed by atoms with Crippen molar-refractivity contribution in [2.24, 2.45) is 0 Å². The first-order valence-corrected chi connectivity index (χ1v) is 5.26. The van der Waals surface area contributed by atoms with E-state index in [0.717, 1.165) is 22.2 Å². The third-order valence-electron chi connectivity index (χ3n) is 1.58. The monoisotopic (exact) mass is 292 g/mol. The Balaban J connectivity index is 2.86. The van der Waals surface area contributed by atoms with E-state index in [0.29, 0.717) is 11.8 Å². The molecule has 0 aliphatic heterocycles. The number of aryl methyl sites for hydroxylation is 1. The number of aromatic nitrogens is 2. The minimum Gasteiger partial charge on any atom is -0.383 e. The zero-order valence-corrected chi connectivity index (χ0v) is 9.92. The van der Waals surface area contributed by atoms with E-state index in [4.69, 9.17) is 5.73 Å². The summed E-state index contributed by atoms with van der Waals surface area (Å²) in [6.07, 6.45) is 1.05. The van der Waals surface area contributed by atoms with Crippen molar-refractivity contribution in [1.82, 2.24) is 9.97 Å². The second kappa shape index (κ2) is 4.59. The summed E-state index contributed by atoms with van der Waals surface area (Å²) in [5.74, 6) is 1.17. The lowest BCUT2D eigenvalue weighted by atomic mass is 10.4. The van der Waals surface area contributed by atoms with E-state index in [1.54, 1.807) is 0 Å². The molecule has 1 heterocycles. The van der Waals surface area contributed by atoms with Gasteiger partial charge in [-0.2, -0.15) is 4.98 Å². The second-order valence-corrected chi connectivity index (χ2v) is 3.84. The molecule has 0 fully saturated rings. The van der Waals surface area contributed by atoms with Crippen molar-refractivity contribution < 1.29 is 0 Å². The highest BCUT2D eigenvalue weighted by Gasteiger charge is 2.04. The van der Waals surface area contributed by atoms with Gasteiger partial charge in [-0.15, -0.1) is 0 Å². The van der Waals surface area contributed by atoms with Crippen LogP contribution < -0.4 is 11.1 Å². The second-order valence-electron chi connectivity index (χ2n) is 2.76. The van der Waals surface area contributed by atoms with Crippen molar-refractivity contribution in [1.29, 1.82) is 0 Å². The third kappa shape index (κ3) is 2.68. The van der Waals surface area contributed by atoms with E-state index in [9.17, 15) is 0 Å². The largest absolute Gasteiger partial charge is 0.383 e. The summed E-state index contributed by atoms with van der Waals surface area (Å²) in [5.41, 5.74) is 6.62. The molecule has 1 aromatic heterocycles. The van der Waals surface area contributed by atoms with Crippen molar-refractivity contribution in [3.05, 3.63) is 9.26 Å². The van der Waals surface area contributed by atoms with Crippen molar-refractivity contribution in [3.63, 3.8) is 0 Å². The molecule has 1 aromatic rings. The Bertz CT molecular complexity index is 277. The fraction of sp³-hybridized carbons (Fsp3) is 0.500. The first-order chi connectivity index (χ1) is 6.15. The molecule has 13 heavy (non-hydrogen) atoms. The molecule has 0 saturated carbocycles. The lowest BCUT2D eigenvalue weighted by Gasteiger charge is -2.06. The zero-order valence-electron chi connectivity index (χ0n) is 7.76. The first kappa shape index (κ1) is 10.5. The van der Waals surface area contributed by atoms with Crippen molar-refractivity contribution in [2.45, 2.75) is 20.3 Å².